The van der Waals surface area contributed by atoms with Gasteiger partial charge in [0.25, 0.3) is 0 Å². The van der Waals surface area contributed by atoms with E-state index in [0.29, 0.717) is 17.7 Å². The van der Waals surface area contributed by atoms with Crippen molar-refractivity contribution in [1.82, 2.24) is 4.72 Å². The van der Waals surface area contributed by atoms with Crippen molar-refractivity contribution in [2.24, 2.45) is 11.7 Å². The van der Waals surface area contributed by atoms with Gasteiger partial charge in [0, 0.05) is 6.04 Å². The molecule has 2 unspecified atom stereocenters. The molecule has 0 spiro atoms. The Morgan fingerprint density at radius 3 is 2.71 bits per heavy atom. The van der Waals surface area contributed by atoms with Crippen LogP contribution in [0.5, 0.6) is 0 Å². The number of nitriles is 1. The number of nitrogens with one attached hydrogen (secondary N) is 1. The molecule has 0 aromatic heterocycles. The molecule has 114 valence electrons. The number of hydrogen-bond acceptors (Lipinski definition) is 4. The molecule has 1 aromatic rings. The van der Waals surface area contributed by atoms with Crippen LogP contribution in [0.3, 0.4) is 0 Å². The molecule has 6 heteroatoms. The number of hydrogen-bond donors (Lipinski definition) is 2. The fraction of sp³-hybridized carbons (Fsp3) is 0.533. The first-order valence-electron chi connectivity index (χ1n) is 7.21. The van der Waals surface area contributed by atoms with Gasteiger partial charge in [-0.2, -0.15) is 5.26 Å². The molecule has 1 aromatic carbocycles. The van der Waals surface area contributed by atoms with Crippen LogP contribution in [0.2, 0.25) is 0 Å². The predicted molar refractivity (Wildman–Crippen MR) is 81.0 cm³/mol. The third kappa shape index (κ3) is 3.62. The second-order valence-electron chi connectivity index (χ2n) is 5.60. The lowest BCUT2D eigenvalue weighted by Gasteiger charge is -2.31. The molecule has 21 heavy (non-hydrogen) atoms. The highest BCUT2D eigenvalue weighted by atomic mass is 32.2. The lowest BCUT2D eigenvalue weighted by Crippen LogP contribution is -2.44. The number of rotatable bonds is 4. The summed E-state index contributed by atoms with van der Waals surface area (Å²) in [6.07, 6.45) is 3.93. The van der Waals surface area contributed by atoms with E-state index in [-0.39, 0.29) is 16.9 Å². The van der Waals surface area contributed by atoms with Gasteiger partial charge >= 0.3 is 0 Å². The van der Waals surface area contributed by atoms with Gasteiger partial charge in [-0.05, 0) is 56.0 Å². The Morgan fingerprint density at radius 1 is 1.38 bits per heavy atom. The van der Waals surface area contributed by atoms with Gasteiger partial charge in [0.1, 0.15) is 0 Å². The number of benzene rings is 1. The zero-order valence-corrected chi connectivity index (χ0v) is 13.0. The molecule has 0 radical (unpaired) electrons. The summed E-state index contributed by atoms with van der Waals surface area (Å²) in [6, 6.07) is 6.54. The molecule has 5 nitrogen and oxygen atoms in total. The summed E-state index contributed by atoms with van der Waals surface area (Å²) in [4.78, 5) is 0.239. The molecule has 0 amide bonds. The quantitative estimate of drug-likeness (QED) is 0.884. The number of aryl methyl sites for hydroxylation is 1. The van der Waals surface area contributed by atoms with E-state index in [1.54, 1.807) is 13.0 Å². The first kappa shape index (κ1) is 16.0. The maximum Gasteiger partial charge on any atom is 0.241 e. The van der Waals surface area contributed by atoms with Crippen molar-refractivity contribution in [1.29, 1.82) is 5.26 Å². The summed E-state index contributed by atoms with van der Waals surface area (Å²) in [6.45, 7) is 2.20. The van der Waals surface area contributed by atoms with E-state index in [1.165, 1.54) is 12.1 Å². The first-order chi connectivity index (χ1) is 9.97. The summed E-state index contributed by atoms with van der Waals surface area (Å²) in [5.74, 6) is 0.201. The van der Waals surface area contributed by atoms with Gasteiger partial charge in [0.05, 0.1) is 16.5 Å². The summed E-state index contributed by atoms with van der Waals surface area (Å²) in [5, 5.41) is 8.85. The third-order valence-electron chi connectivity index (χ3n) is 4.11. The molecule has 0 heterocycles. The minimum absolute atomic E-state index is 0.0937. The molecule has 3 N–H and O–H groups in total. The van der Waals surface area contributed by atoms with Crippen LogP contribution in [-0.2, 0) is 10.0 Å². The summed E-state index contributed by atoms with van der Waals surface area (Å²) in [5.41, 5.74) is 6.79. The fourth-order valence-corrected chi connectivity index (χ4v) is 4.49. The minimum atomic E-state index is -3.57. The minimum Gasteiger partial charge on any atom is -0.330 e. The first-order valence-corrected chi connectivity index (χ1v) is 8.69. The maximum absolute atomic E-state index is 12.5. The summed E-state index contributed by atoms with van der Waals surface area (Å²) < 4.78 is 27.9. The van der Waals surface area contributed by atoms with Gasteiger partial charge in [-0.15, -0.1) is 0 Å². The standard InChI is InChI=1S/C15H21N3O2S/c1-11-8-12(9-16)6-7-15(11)21(19,20)18-14-5-3-2-4-13(14)10-17/h6-8,13-14,18H,2-5,10,17H2,1H3. The monoisotopic (exact) mass is 307 g/mol. The fourth-order valence-electron chi connectivity index (χ4n) is 2.93. The number of sulfonamides is 1. The SMILES string of the molecule is Cc1cc(C#N)ccc1S(=O)(=O)NC1CCCCC1CN. The summed E-state index contributed by atoms with van der Waals surface area (Å²) in [7, 11) is -3.57. The topological polar surface area (TPSA) is 96.0 Å². The van der Waals surface area contributed by atoms with Crippen LogP contribution >= 0.6 is 0 Å². The van der Waals surface area contributed by atoms with E-state index < -0.39 is 10.0 Å². The van der Waals surface area contributed by atoms with Crippen LogP contribution < -0.4 is 10.5 Å². The van der Waals surface area contributed by atoms with Crippen LogP contribution in [0.25, 0.3) is 0 Å². The highest BCUT2D eigenvalue weighted by Crippen LogP contribution is 2.26. The maximum atomic E-state index is 12.5. The molecule has 0 aliphatic heterocycles. The zero-order valence-electron chi connectivity index (χ0n) is 12.2. The van der Waals surface area contributed by atoms with Crippen molar-refractivity contribution in [2.75, 3.05) is 6.54 Å². The average Bonchev–Trinajstić information content (AvgIpc) is 2.47. The second-order valence-corrected chi connectivity index (χ2v) is 7.28. The lowest BCUT2D eigenvalue weighted by molar-refractivity contribution is 0.296. The van der Waals surface area contributed by atoms with Gasteiger partial charge in [0.15, 0.2) is 0 Å². The van der Waals surface area contributed by atoms with Crippen molar-refractivity contribution in [3.63, 3.8) is 0 Å². The van der Waals surface area contributed by atoms with Crippen LogP contribution in [-0.4, -0.2) is 21.0 Å². The van der Waals surface area contributed by atoms with Gasteiger partial charge in [-0.1, -0.05) is 12.8 Å². The molecule has 2 rings (SSSR count). The Morgan fingerprint density at radius 2 is 2.10 bits per heavy atom. The van der Waals surface area contributed by atoms with Gasteiger partial charge in [-0.3, -0.25) is 0 Å². The van der Waals surface area contributed by atoms with E-state index in [1.807, 2.05) is 6.07 Å². The molecule has 1 aliphatic carbocycles. The Balaban J connectivity index is 2.24. The Hall–Kier alpha value is -1.42. The molecular formula is C15H21N3O2S. The molecule has 1 saturated carbocycles. The van der Waals surface area contributed by atoms with Crippen molar-refractivity contribution < 1.29 is 8.42 Å². The molecule has 0 bridgehead atoms. The highest BCUT2D eigenvalue weighted by molar-refractivity contribution is 7.89. The Labute approximate surface area is 126 Å². The normalized spacial score (nSPS) is 22.7. The van der Waals surface area contributed by atoms with Crippen LogP contribution in [0.15, 0.2) is 23.1 Å². The number of nitrogens with zero attached hydrogens (tertiary/aromatic N) is 1. The smallest absolute Gasteiger partial charge is 0.241 e. The molecular weight excluding hydrogens is 286 g/mol. The molecule has 1 aliphatic rings. The van der Waals surface area contributed by atoms with Crippen LogP contribution in [0, 0.1) is 24.2 Å². The second kappa shape index (κ2) is 6.56. The molecule has 2 atom stereocenters. The number of nitrogens with two attached hydrogens (primary N) is 1. The van der Waals surface area contributed by atoms with Crippen LogP contribution in [0.1, 0.15) is 36.8 Å². The predicted octanol–water partition coefficient (Wildman–Crippen LogP) is 1.66. The van der Waals surface area contributed by atoms with Gasteiger partial charge < -0.3 is 5.73 Å². The lowest BCUT2D eigenvalue weighted by atomic mass is 9.85. The van der Waals surface area contributed by atoms with E-state index in [9.17, 15) is 8.42 Å². The third-order valence-corrected chi connectivity index (χ3v) is 5.76. The average molecular weight is 307 g/mol. The van der Waals surface area contributed by atoms with Crippen molar-refractivity contribution in [3.8, 4) is 6.07 Å². The van der Waals surface area contributed by atoms with Crippen molar-refractivity contribution in [3.05, 3.63) is 29.3 Å². The van der Waals surface area contributed by atoms with Gasteiger partial charge in [0.2, 0.25) is 10.0 Å². The van der Waals surface area contributed by atoms with Crippen LogP contribution in [0.4, 0.5) is 0 Å². The Kier molecular flexibility index (Phi) is 4.99. The van der Waals surface area contributed by atoms with E-state index >= 15 is 0 Å². The molecule has 0 saturated heterocycles. The van der Waals surface area contributed by atoms with E-state index in [2.05, 4.69) is 4.72 Å². The van der Waals surface area contributed by atoms with Gasteiger partial charge in [-0.25, -0.2) is 13.1 Å². The van der Waals surface area contributed by atoms with Crippen molar-refractivity contribution in [2.45, 2.75) is 43.5 Å². The summed E-state index contributed by atoms with van der Waals surface area (Å²) >= 11 is 0. The van der Waals surface area contributed by atoms with E-state index in [0.717, 1.165) is 25.7 Å². The Bertz CT molecular complexity index is 649. The zero-order chi connectivity index (χ0) is 15.5. The van der Waals surface area contributed by atoms with Crippen molar-refractivity contribution >= 4 is 10.0 Å². The largest absolute Gasteiger partial charge is 0.330 e. The molecule has 1 fully saturated rings. The van der Waals surface area contributed by atoms with E-state index in [4.69, 9.17) is 11.0 Å². The highest BCUT2D eigenvalue weighted by Gasteiger charge is 2.29.